The molecule has 0 heterocycles. The van der Waals surface area contributed by atoms with Gasteiger partial charge in [-0.15, -0.1) is 0 Å². The van der Waals surface area contributed by atoms with E-state index >= 15 is 0 Å². The standard InChI is InChI=1S/C19H32O2.2C2H6.2CH3.W/c1-7-17(12-14(2)3)18-8-10-19(11-9-18)21-16(6)20-13-15(4)5;2*1-2;;;/h8-11,14-17H,7,12-13H2,1-6H3;2*1-2H3;2*1H3;/q;;;2*-1;+2. The summed E-state index contributed by atoms with van der Waals surface area (Å²) in [7, 11) is 0. The van der Waals surface area contributed by atoms with Gasteiger partial charge in [-0.05, 0) is 55.2 Å². The molecule has 0 aromatic heterocycles. The first-order chi connectivity index (χ1) is 11.9. The summed E-state index contributed by atoms with van der Waals surface area (Å²) in [6, 6.07) is 8.52. The first-order valence-corrected chi connectivity index (χ1v) is 10.3. The number of hydrogen-bond donors (Lipinski definition) is 0. The van der Waals surface area contributed by atoms with Gasteiger partial charge in [-0.1, -0.05) is 74.4 Å². The van der Waals surface area contributed by atoms with Crippen LogP contribution in [0.1, 0.15) is 93.6 Å². The Hall–Kier alpha value is -0.332. The van der Waals surface area contributed by atoms with Crippen LogP contribution in [0.5, 0.6) is 5.75 Å². The quantitative estimate of drug-likeness (QED) is 0.220. The Bertz CT molecular complexity index is 388. The third-order valence-corrected chi connectivity index (χ3v) is 3.57. The van der Waals surface area contributed by atoms with Gasteiger partial charge in [0, 0.05) is 0 Å². The molecule has 1 aromatic carbocycles. The zero-order valence-corrected chi connectivity index (χ0v) is 23.9. The minimum Gasteiger partial charge on any atom is -0.465 e. The van der Waals surface area contributed by atoms with Gasteiger partial charge in [-0.3, -0.25) is 0 Å². The smallest absolute Gasteiger partial charge is 0.465 e. The summed E-state index contributed by atoms with van der Waals surface area (Å²) in [5.41, 5.74) is 1.41. The Labute approximate surface area is 193 Å². The zero-order chi connectivity index (χ0) is 19.8. The van der Waals surface area contributed by atoms with Gasteiger partial charge in [-0.2, -0.15) is 0 Å². The molecule has 2 nitrogen and oxygen atoms in total. The summed E-state index contributed by atoms with van der Waals surface area (Å²) in [5.74, 6) is 2.79. The van der Waals surface area contributed by atoms with Crippen LogP contribution in [0, 0.1) is 26.7 Å². The molecule has 3 heteroatoms. The van der Waals surface area contributed by atoms with E-state index in [0.717, 1.165) is 18.3 Å². The van der Waals surface area contributed by atoms with Gasteiger partial charge in [-0.25, -0.2) is 0 Å². The second-order valence-electron chi connectivity index (χ2n) is 6.72. The van der Waals surface area contributed by atoms with E-state index in [0.29, 0.717) is 11.8 Å². The van der Waals surface area contributed by atoms with Crippen molar-refractivity contribution in [2.45, 2.75) is 94.3 Å². The Kier molecular flexibility index (Phi) is 33.8. The summed E-state index contributed by atoms with van der Waals surface area (Å²) in [4.78, 5) is 0. The Balaban J connectivity index is -0.000000236. The van der Waals surface area contributed by atoms with Crippen LogP contribution in [-0.4, -0.2) is 12.9 Å². The van der Waals surface area contributed by atoms with E-state index in [2.05, 4.69) is 58.9 Å². The fourth-order valence-electron chi connectivity index (χ4n) is 2.48. The van der Waals surface area contributed by atoms with Crippen molar-refractivity contribution in [1.29, 1.82) is 0 Å². The van der Waals surface area contributed by atoms with Gasteiger partial charge in [0.15, 0.2) is 6.29 Å². The molecule has 0 bridgehead atoms. The molecule has 0 fully saturated rings. The molecule has 0 saturated carbocycles. The summed E-state index contributed by atoms with van der Waals surface area (Å²) >= 11 is 0. The van der Waals surface area contributed by atoms with E-state index in [1.54, 1.807) is 0 Å². The summed E-state index contributed by atoms with van der Waals surface area (Å²) in [6.45, 7) is 21.8. The van der Waals surface area contributed by atoms with E-state index in [1.165, 1.54) is 18.4 Å². The number of ether oxygens (including phenoxy) is 2. The van der Waals surface area contributed by atoms with Crippen molar-refractivity contribution < 1.29 is 30.5 Å². The monoisotopic (exact) mass is 566 g/mol. The first kappa shape index (κ1) is 38.3. The molecule has 1 aromatic rings. The van der Waals surface area contributed by atoms with Crippen molar-refractivity contribution in [3.05, 3.63) is 44.7 Å². The second-order valence-corrected chi connectivity index (χ2v) is 6.72. The molecule has 168 valence electrons. The Morgan fingerprint density at radius 2 is 1.25 bits per heavy atom. The summed E-state index contributed by atoms with van der Waals surface area (Å²) in [6.07, 6.45) is 2.23. The fraction of sp³-hybridized carbons (Fsp3) is 0.680. The average molecular weight is 567 g/mol. The molecule has 0 saturated heterocycles. The predicted molar refractivity (Wildman–Crippen MR) is 125 cm³/mol. The largest absolute Gasteiger partial charge is 2.00 e. The van der Waals surface area contributed by atoms with E-state index < -0.39 is 0 Å². The third kappa shape index (κ3) is 19.0. The fourth-order valence-corrected chi connectivity index (χ4v) is 2.48. The molecule has 0 aliphatic heterocycles. The Morgan fingerprint density at radius 3 is 1.61 bits per heavy atom. The van der Waals surface area contributed by atoms with E-state index in [4.69, 9.17) is 9.47 Å². The van der Waals surface area contributed by atoms with Crippen LogP contribution in [0.2, 0.25) is 0 Å². The molecule has 1 rings (SSSR count). The molecule has 2 atom stereocenters. The normalized spacial score (nSPS) is 11.3. The molecular formula is C25H50O2W. The molecule has 0 aliphatic carbocycles. The minimum absolute atomic E-state index is 0. The SMILES string of the molecule is CC.CC.CCC(CC(C)C)c1ccc(OC(C)OCC(C)C)cc1.[CH3-].[CH3-].[W+2]. The maximum atomic E-state index is 5.79. The molecule has 0 aliphatic rings. The van der Waals surface area contributed by atoms with Gasteiger partial charge in [0.05, 0.1) is 6.61 Å². The van der Waals surface area contributed by atoms with Gasteiger partial charge >= 0.3 is 21.1 Å². The summed E-state index contributed by atoms with van der Waals surface area (Å²) in [5, 5.41) is 0. The van der Waals surface area contributed by atoms with Crippen LogP contribution in [0.15, 0.2) is 24.3 Å². The zero-order valence-electron chi connectivity index (χ0n) is 21.0. The molecular weight excluding hydrogens is 516 g/mol. The molecule has 2 unspecified atom stereocenters. The van der Waals surface area contributed by atoms with Crippen LogP contribution >= 0.6 is 0 Å². The van der Waals surface area contributed by atoms with Crippen LogP contribution < -0.4 is 4.74 Å². The van der Waals surface area contributed by atoms with Crippen molar-refractivity contribution in [3.63, 3.8) is 0 Å². The van der Waals surface area contributed by atoms with Crippen LogP contribution in [0.4, 0.5) is 0 Å². The Morgan fingerprint density at radius 1 is 0.786 bits per heavy atom. The van der Waals surface area contributed by atoms with Crippen molar-refractivity contribution in [3.8, 4) is 5.75 Å². The van der Waals surface area contributed by atoms with Crippen molar-refractivity contribution >= 4 is 0 Å². The first-order valence-electron chi connectivity index (χ1n) is 10.3. The second kappa shape index (κ2) is 24.7. The molecule has 0 N–H and O–H groups in total. The topological polar surface area (TPSA) is 18.5 Å². The van der Waals surface area contributed by atoms with Crippen molar-refractivity contribution in [2.75, 3.05) is 6.61 Å². The number of hydrogen-bond acceptors (Lipinski definition) is 2. The van der Waals surface area contributed by atoms with Gasteiger partial charge < -0.3 is 24.3 Å². The van der Waals surface area contributed by atoms with Gasteiger partial charge in [0.2, 0.25) is 0 Å². The van der Waals surface area contributed by atoms with E-state index in [-0.39, 0.29) is 42.2 Å². The maximum absolute atomic E-state index is 5.79. The van der Waals surface area contributed by atoms with Gasteiger partial charge in [0.25, 0.3) is 0 Å². The average Bonchev–Trinajstić information content (AvgIpc) is 2.62. The van der Waals surface area contributed by atoms with E-state index in [1.807, 2.05) is 34.6 Å². The van der Waals surface area contributed by atoms with Crippen LogP contribution in [0.25, 0.3) is 0 Å². The van der Waals surface area contributed by atoms with Gasteiger partial charge in [0.1, 0.15) is 5.75 Å². The third-order valence-electron chi connectivity index (χ3n) is 3.57. The number of rotatable bonds is 9. The van der Waals surface area contributed by atoms with Crippen molar-refractivity contribution in [1.82, 2.24) is 0 Å². The predicted octanol–water partition coefficient (Wildman–Crippen LogP) is 8.57. The summed E-state index contributed by atoms with van der Waals surface area (Å²) < 4.78 is 11.4. The molecule has 28 heavy (non-hydrogen) atoms. The van der Waals surface area contributed by atoms with Crippen LogP contribution in [-0.2, 0) is 25.8 Å². The van der Waals surface area contributed by atoms with Crippen molar-refractivity contribution in [2.24, 2.45) is 11.8 Å². The minimum atomic E-state index is -0.198. The molecule has 0 amide bonds. The number of benzene rings is 1. The van der Waals surface area contributed by atoms with Crippen LogP contribution in [0.3, 0.4) is 0 Å². The van der Waals surface area contributed by atoms with E-state index in [9.17, 15) is 0 Å². The molecule has 0 spiro atoms. The maximum Gasteiger partial charge on any atom is 2.00 e. The molecule has 0 radical (unpaired) electrons.